The van der Waals surface area contributed by atoms with E-state index in [9.17, 15) is 4.79 Å². The molecule has 1 saturated carbocycles. The summed E-state index contributed by atoms with van der Waals surface area (Å²) in [6.07, 6.45) is 3.50. The van der Waals surface area contributed by atoms with Gasteiger partial charge < -0.3 is 20.1 Å². The van der Waals surface area contributed by atoms with Crippen molar-refractivity contribution in [2.24, 2.45) is 5.10 Å². The second-order valence-electron chi connectivity index (χ2n) is 8.12. The minimum atomic E-state index is -0.833. The monoisotopic (exact) mass is 490 g/mol. The molecular weight excluding hydrogens is 467 g/mol. The lowest BCUT2D eigenvalue weighted by Gasteiger charge is -2.39. The van der Waals surface area contributed by atoms with Crippen molar-refractivity contribution in [3.63, 3.8) is 0 Å². The molecule has 1 aliphatic carbocycles. The number of anilines is 2. The summed E-state index contributed by atoms with van der Waals surface area (Å²) in [5.74, 6) is 0.419. The highest BCUT2D eigenvalue weighted by Gasteiger charge is 2.36. The lowest BCUT2D eigenvalue weighted by Crippen LogP contribution is -2.55. The number of fused-ring (bicyclic) bond motifs is 3. The van der Waals surface area contributed by atoms with Gasteiger partial charge in [0.25, 0.3) is 11.9 Å². The van der Waals surface area contributed by atoms with Gasteiger partial charge in [-0.25, -0.2) is 5.43 Å². The maximum atomic E-state index is 12.2. The minimum Gasteiger partial charge on any atom is -0.483 e. The van der Waals surface area contributed by atoms with E-state index in [1.807, 2.05) is 36.1 Å². The number of hydrogen-bond donors (Lipinski definition) is 3. The molecule has 0 bridgehead atoms. The van der Waals surface area contributed by atoms with Crippen LogP contribution in [0.4, 0.5) is 11.4 Å². The van der Waals surface area contributed by atoms with Gasteiger partial charge in [-0.15, -0.1) is 0 Å². The number of carbonyl (C=O) groups excluding carboxylic acids is 1. The Kier molecular flexibility index (Phi) is 6.67. The number of amides is 1. The molecule has 3 aliphatic rings. The Bertz CT molecular complexity index is 1130. The van der Waals surface area contributed by atoms with Crippen molar-refractivity contribution in [2.75, 3.05) is 16.8 Å². The number of halogens is 2. The van der Waals surface area contributed by atoms with E-state index in [4.69, 9.17) is 37.8 Å². The minimum absolute atomic E-state index is 0.139. The third-order valence-corrected chi connectivity index (χ3v) is 6.29. The number of carboxylic acid groups (broad SMARTS) is 1. The Morgan fingerprint density at radius 2 is 1.97 bits per heavy atom. The molecule has 0 radical (unpaired) electrons. The zero-order valence-electron chi connectivity index (χ0n) is 18.2. The highest BCUT2D eigenvalue weighted by atomic mass is 35.5. The summed E-state index contributed by atoms with van der Waals surface area (Å²) in [6.45, 7) is 3.24. The number of amidine groups is 1. The molecule has 5 rings (SSSR count). The predicted octanol–water partition coefficient (Wildman–Crippen LogP) is 4.75. The molecule has 2 aliphatic heterocycles. The Balaban J connectivity index is 0.000000601. The van der Waals surface area contributed by atoms with Gasteiger partial charge in [-0.2, -0.15) is 5.10 Å². The highest BCUT2D eigenvalue weighted by molar-refractivity contribution is 6.36. The standard InChI is InChI=1S/C21H20Cl2N4O2.C2H4O2/c1-11-21(28)26-25-20-10-29-19-8-15(14-6-5-12(22)7-16(14)23)17(9-18(19)27(11)20)24-13-3-2-4-13;1-2(3)4/h5-9,11,13,24H,2-4,10H2,1H3,(H,26,28);1H3,(H,3,4)/t11-;/m1./s1. The number of nitrogens with one attached hydrogen (secondary N) is 2. The fourth-order valence-electron chi connectivity index (χ4n) is 3.89. The predicted molar refractivity (Wildman–Crippen MR) is 129 cm³/mol. The number of benzene rings is 2. The summed E-state index contributed by atoms with van der Waals surface area (Å²) in [5.41, 5.74) is 6.18. The number of nitrogens with zero attached hydrogens (tertiary/aromatic N) is 2. The summed E-state index contributed by atoms with van der Waals surface area (Å²) in [6, 6.07) is 9.58. The van der Waals surface area contributed by atoms with Gasteiger partial charge >= 0.3 is 0 Å². The van der Waals surface area contributed by atoms with Crippen molar-refractivity contribution < 1.29 is 19.4 Å². The van der Waals surface area contributed by atoms with Crippen LogP contribution < -0.4 is 20.4 Å². The van der Waals surface area contributed by atoms with E-state index in [2.05, 4.69) is 15.8 Å². The molecule has 1 fully saturated rings. The molecule has 10 heteroatoms. The van der Waals surface area contributed by atoms with Crippen LogP contribution in [-0.4, -0.2) is 41.5 Å². The average Bonchev–Trinajstić information content (AvgIpc) is 2.72. The van der Waals surface area contributed by atoms with Gasteiger partial charge in [0.2, 0.25) is 0 Å². The lowest BCUT2D eigenvalue weighted by atomic mass is 9.92. The van der Waals surface area contributed by atoms with Crippen LogP contribution in [0.15, 0.2) is 35.4 Å². The third-order valence-electron chi connectivity index (χ3n) is 5.74. The highest BCUT2D eigenvalue weighted by Crippen LogP contribution is 2.45. The van der Waals surface area contributed by atoms with Crippen molar-refractivity contribution >= 4 is 52.3 Å². The molecule has 1 amide bonds. The number of aliphatic carboxylic acids is 1. The van der Waals surface area contributed by atoms with Crippen LogP contribution in [0.25, 0.3) is 11.1 Å². The van der Waals surface area contributed by atoms with Crippen LogP contribution in [0.2, 0.25) is 10.0 Å². The molecule has 0 spiro atoms. The van der Waals surface area contributed by atoms with Crippen LogP contribution >= 0.6 is 23.2 Å². The van der Waals surface area contributed by atoms with E-state index >= 15 is 0 Å². The van der Waals surface area contributed by atoms with Crippen LogP contribution in [-0.2, 0) is 9.59 Å². The molecule has 1 atom stereocenters. The van der Waals surface area contributed by atoms with Crippen molar-refractivity contribution in [3.8, 4) is 16.9 Å². The summed E-state index contributed by atoms with van der Waals surface area (Å²) in [7, 11) is 0. The van der Waals surface area contributed by atoms with Crippen LogP contribution in [0.5, 0.6) is 5.75 Å². The Morgan fingerprint density at radius 3 is 2.61 bits per heavy atom. The third kappa shape index (κ3) is 4.86. The van der Waals surface area contributed by atoms with Crippen LogP contribution in [0.1, 0.15) is 33.1 Å². The van der Waals surface area contributed by atoms with E-state index in [-0.39, 0.29) is 11.9 Å². The summed E-state index contributed by atoms with van der Waals surface area (Å²) in [5, 5.41) is 16.4. The Hall–Kier alpha value is -2.97. The number of hydrogen-bond acceptors (Lipinski definition) is 6. The normalized spacial score (nSPS) is 18.9. The average molecular weight is 491 g/mol. The zero-order chi connectivity index (χ0) is 23.7. The van der Waals surface area contributed by atoms with Crippen molar-refractivity contribution in [3.05, 3.63) is 40.4 Å². The second-order valence-corrected chi connectivity index (χ2v) is 8.96. The first-order valence-corrected chi connectivity index (χ1v) is 11.4. The number of hydrazone groups is 1. The Morgan fingerprint density at radius 1 is 1.24 bits per heavy atom. The summed E-state index contributed by atoms with van der Waals surface area (Å²) in [4.78, 5) is 23.1. The topological polar surface area (TPSA) is 103 Å². The van der Waals surface area contributed by atoms with Crippen molar-refractivity contribution in [1.82, 2.24) is 5.43 Å². The molecule has 0 aromatic heterocycles. The van der Waals surface area contributed by atoms with Gasteiger partial charge in [-0.1, -0.05) is 29.3 Å². The fourth-order valence-corrected chi connectivity index (χ4v) is 4.40. The molecule has 33 heavy (non-hydrogen) atoms. The van der Waals surface area contributed by atoms with Gasteiger partial charge in [0, 0.05) is 39.8 Å². The quantitative estimate of drug-likeness (QED) is 0.573. The van der Waals surface area contributed by atoms with Gasteiger partial charge in [-0.05, 0) is 50.5 Å². The van der Waals surface area contributed by atoms with E-state index in [0.717, 1.165) is 42.3 Å². The summed E-state index contributed by atoms with van der Waals surface area (Å²) < 4.78 is 5.98. The molecule has 2 heterocycles. The SMILES string of the molecule is CC(=O)O.C[C@@H]1C(=O)NN=C2COc3cc(-c4ccc(Cl)cc4Cl)c(NC4CCC4)cc3N21. The maximum Gasteiger partial charge on any atom is 0.300 e. The Labute approximate surface area is 201 Å². The van der Waals surface area contributed by atoms with Gasteiger partial charge in [0.05, 0.1) is 5.69 Å². The molecular formula is C23H24Cl2N4O4. The van der Waals surface area contributed by atoms with Crippen LogP contribution in [0, 0.1) is 0 Å². The fraction of sp³-hybridized carbons (Fsp3) is 0.348. The maximum absolute atomic E-state index is 12.2. The first kappa shape index (κ1) is 23.2. The molecule has 3 N–H and O–H groups in total. The molecule has 174 valence electrons. The second kappa shape index (κ2) is 9.49. The first-order valence-electron chi connectivity index (χ1n) is 10.6. The smallest absolute Gasteiger partial charge is 0.300 e. The summed E-state index contributed by atoms with van der Waals surface area (Å²) >= 11 is 12.6. The van der Waals surface area contributed by atoms with E-state index in [1.54, 1.807) is 6.07 Å². The van der Waals surface area contributed by atoms with Gasteiger partial charge in [0.15, 0.2) is 5.84 Å². The first-order chi connectivity index (χ1) is 15.7. The molecule has 2 aromatic carbocycles. The van der Waals surface area contributed by atoms with Gasteiger partial charge in [-0.3, -0.25) is 9.59 Å². The van der Waals surface area contributed by atoms with Crippen LogP contribution in [0.3, 0.4) is 0 Å². The molecule has 0 unspecified atom stereocenters. The number of ether oxygens (including phenoxy) is 1. The van der Waals surface area contributed by atoms with Gasteiger partial charge in [0.1, 0.15) is 18.4 Å². The van der Waals surface area contributed by atoms with E-state index < -0.39 is 5.97 Å². The lowest BCUT2D eigenvalue weighted by molar-refractivity contribution is -0.134. The number of rotatable bonds is 3. The molecule has 2 aromatic rings. The molecule has 8 nitrogen and oxygen atoms in total. The van der Waals surface area contributed by atoms with E-state index in [0.29, 0.717) is 34.3 Å². The molecule has 0 saturated heterocycles. The van der Waals surface area contributed by atoms with Crippen molar-refractivity contribution in [1.29, 1.82) is 0 Å². The van der Waals surface area contributed by atoms with E-state index in [1.165, 1.54) is 6.42 Å². The largest absolute Gasteiger partial charge is 0.483 e. The number of carboxylic acids is 1. The zero-order valence-corrected chi connectivity index (χ0v) is 19.7. The number of carbonyl (C=O) groups is 2. The van der Waals surface area contributed by atoms with Crippen molar-refractivity contribution in [2.45, 2.75) is 45.2 Å².